The Bertz CT molecular complexity index is 244. The van der Waals surface area contributed by atoms with Crippen LogP contribution in [0.3, 0.4) is 0 Å². The summed E-state index contributed by atoms with van der Waals surface area (Å²) in [6.07, 6.45) is 6.18. The molecule has 72 valence electrons. The summed E-state index contributed by atoms with van der Waals surface area (Å²) in [5, 5.41) is 7.60. The van der Waals surface area contributed by atoms with E-state index in [4.69, 9.17) is 5.11 Å². The first-order valence-electron chi connectivity index (χ1n) is 3.71. The van der Waals surface area contributed by atoms with Gasteiger partial charge in [0.15, 0.2) is 0 Å². The van der Waals surface area contributed by atoms with Gasteiger partial charge in [0, 0.05) is 18.8 Å². The number of carboxylic acids is 1. The molecule has 1 rings (SSSR count). The fraction of sp³-hybridized carbons (Fsp3) is 0.250. The number of nitrogens with zero attached hydrogens (tertiary/aromatic N) is 1. The first-order chi connectivity index (χ1) is 6.20. The van der Waals surface area contributed by atoms with E-state index >= 15 is 0 Å². The minimum Gasteiger partial charge on any atom is -0.480 e. The minimum absolute atomic E-state index is 0.278. The van der Waals surface area contributed by atoms with Gasteiger partial charge in [0.25, 0.3) is 0 Å². The Morgan fingerprint density at radius 1 is 1.85 bits per heavy atom. The lowest BCUT2D eigenvalue weighted by atomic mass is 10.4. The number of carboxylic acid groups (broad SMARTS) is 1. The average Bonchev–Trinajstić information content (AvgIpc) is 2.59. The van der Waals surface area contributed by atoms with Crippen LogP contribution in [0.1, 0.15) is 5.82 Å². The Morgan fingerprint density at radius 2 is 2.46 bits per heavy atom. The van der Waals surface area contributed by atoms with Crippen LogP contribution in [0.15, 0.2) is 25.0 Å². The number of hydrogen-bond acceptors (Lipinski definition) is 3. The normalized spacial score (nSPS) is 8.38. The minimum atomic E-state index is -0.968. The molecule has 0 aliphatic carbocycles. The van der Waals surface area contributed by atoms with Crippen LogP contribution in [0.2, 0.25) is 0 Å². The predicted octanol–water partition coefficient (Wildman–Crippen LogP) is 0.168. The van der Waals surface area contributed by atoms with Gasteiger partial charge in [-0.1, -0.05) is 6.08 Å². The summed E-state index contributed by atoms with van der Waals surface area (Å²) in [7, 11) is 0. The van der Waals surface area contributed by atoms with E-state index in [1.54, 1.807) is 12.4 Å². The van der Waals surface area contributed by atoms with Crippen LogP contribution in [0.25, 0.3) is 0 Å². The standard InChI is InChI=1S/C6H8N2.C2H5NO2/c1-2-3-6-7-4-5-8-6;3-1-2(4)5/h2,4-5H,1,3H2,(H,7,8);1,3H2,(H,4,5). The number of H-pyrrole nitrogens is 1. The van der Waals surface area contributed by atoms with Gasteiger partial charge >= 0.3 is 5.97 Å². The van der Waals surface area contributed by atoms with Gasteiger partial charge in [-0.05, 0) is 0 Å². The van der Waals surface area contributed by atoms with Crippen LogP contribution < -0.4 is 5.73 Å². The molecule has 0 atom stereocenters. The fourth-order valence-electron chi connectivity index (χ4n) is 0.546. The highest BCUT2D eigenvalue weighted by molar-refractivity contribution is 5.68. The molecule has 1 aromatic heterocycles. The molecule has 5 nitrogen and oxygen atoms in total. The molecule has 0 radical (unpaired) electrons. The van der Waals surface area contributed by atoms with Crippen LogP contribution in [0.4, 0.5) is 0 Å². The van der Waals surface area contributed by atoms with E-state index in [1.165, 1.54) is 0 Å². The molecule has 0 aliphatic rings. The first kappa shape index (κ1) is 11.4. The lowest BCUT2D eigenvalue weighted by Gasteiger charge is -1.82. The van der Waals surface area contributed by atoms with Crippen molar-refractivity contribution in [3.63, 3.8) is 0 Å². The summed E-state index contributed by atoms with van der Waals surface area (Å²) >= 11 is 0. The zero-order valence-corrected chi connectivity index (χ0v) is 7.23. The zero-order chi connectivity index (χ0) is 10.1. The SMILES string of the molecule is C=CCc1ncc[nH]1.NCC(=O)O. The van der Waals surface area contributed by atoms with E-state index in [0.717, 1.165) is 12.2 Å². The molecule has 5 heteroatoms. The van der Waals surface area contributed by atoms with Gasteiger partial charge < -0.3 is 15.8 Å². The van der Waals surface area contributed by atoms with Crippen LogP contribution in [-0.4, -0.2) is 27.6 Å². The number of aromatic nitrogens is 2. The number of nitrogens with one attached hydrogen (secondary N) is 1. The summed E-state index contributed by atoms with van der Waals surface area (Å²) in [6, 6.07) is 0. The van der Waals surface area contributed by atoms with E-state index < -0.39 is 5.97 Å². The predicted molar refractivity (Wildman–Crippen MR) is 49.2 cm³/mol. The monoisotopic (exact) mass is 183 g/mol. The number of hydrogen-bond donors (Lipinski definition) is 3. The molecule has 0 saturated heterocycles. The van der Waals surface area contributed by atoms with E-state index in [1.807, 2.05) is 6.08 Å². The summed E-state index contributed by atoms with van der Waals surface area (Å²) < 4.78 is 0. The quantitative estimate of drug-likeness (QED) is 0.582. The lowest BCUT2D eigenvalue weighted by Crippen LogP contribution is -2.10. The molecule has 0 unspecified atom stereocenters. The second-order valence-corrected chi connectivity index (χ2v) is 2.13. The van der Waals surface area contributed by atoms with Crippen molar-refractivity contribution in [1.29, 1.82) is 0 Å². The van der Waals surface area contributed by atoms with Crippen LogP contribution in [0, 0.1) is 0 Å². The second kappa shape index (κ2) is 7.05. The maximum Gasteiger partial charge on any atom is 0.317 e. The molecule has 0 fully saturated rings. The molecule has 0 amide bonds. The molecule has 0 aromatic carbocycles. The Balaban J connectivity index is 0.000000252. The number of rotatable bonds is 3. The third-order valence-electron chi connectivity index (χ3n) is 1.07. The molecule has 0 aliphatic heterocycles. The van der Waals surface area contributed by atoms with Gasteiger partial charge in [0.05, 0.1) is 6.54 Å². The smallest absolute Gasteiger partial charge is 0.317 e. The van der Waals surface area contributed by atoms with Crippen LogP contribution >= 0.6 is 0 Å². The average molecular weight is 183 g/mol. The van der Waals surface area contributed by atoms with Crippen molar-refractivity contribution in [2.45, 2.75) is 6.42 Å². The van der Waals surface area contributed by atoms with Crippen molar-refractivity contribution >= 4 is 5.97 Å². The third kappa shape index (κ3) is 6.77. The number of allylic oxidation sites excluding steroid dienone is 1. The summed E-state index contributed by atoms with van der Waals surface area (Å²) in [6.45, 7) is 3.30. The van der Waals surface area contributed by atoms with Crippen LogP contribution in [0.5, 0.6) is 0 Å². The number of aromatic amines is 1. The molecular formula is C8H13N3O2. The molecule has 0 spiro atoms. The largest absolute Gasteiger partial charge is 0.480 e. The Labute approximate surface area is 76.3 Å². The molecule has 1 heterocycles. The summed E-state index contributed by atoms with van der Waals surface area (Å²) in [5.41, 5.74) is 4.57. The maximum absolute atomic E-state index is 9.24. The summed E-state index contributed by atoms with van der Waals surface area (Å²) in [4.78, 5) is 16.2. The zero-order valence-electron chi connectivity index (χ0n) is 7.23. The van der Waals surface area contributed by atoms with E-state index in [0.29, 0.717) is 0 Å². The highest BCUT2D eigenvalue weighted by Gasteiger charge is 1.85. The Hall–Kier alpha value is -1.62. The Kier molecular flexibility index (Phi) is 6.17. The van der Waals surface area contributed by atoms with Crippen molar-refractivity contribution in [3.05, 3.63) is 30.9 Å². The topological polar surface area (TPSA) is 92.0 Å². The first-order valence-corrected chi connectivity index (χ1v) is 3.71. The third-order valence-corrected chi connectivity index (χ3v) is 1.07. The molecule has 0 bridgehead atoms. The number of carbonyl (C=O) groups is 1. The van der Waals surface area contributed by atoms with Crippen molar-refractivity contribution in [1.82, 2.24) is 9.97 Å². The van der Waals surface area contributed by atoms with Crippen molar-refractivity contribution in [3.8, 4) is 0 Å². The molecule has 13 heavy (non-hydrogen) atoms. The van der Waals surface area contributed by atoms with Gasteiger partial charge in [-0.25, -0.2) is 4.98 Å². The van der Waals surface area contributed by atoms with Gasteiger partial charge in [0.2, 0.25) is 0 Å². The van der Waals surface area contributed by atoms with Gasteiger partial charge in [-0.2, -0.15) is 0 Å². The lowest BCUT2D eigenvalue weighted by molar-refractivity contribution is -0.135. The van der Waals surface area contributed by atoms with Gasteiger partial charge in [0.1, 0.15) is 5.82 Å². The van der Waals surface area contributed by atoms with Crippen molar-refractivity contribution in [2.24, 2.45) is 5.73 Å². The number of nitrogens with two attached hydrogens (primary N) is 1. The van der Waals surface area contributed by atoms with Crippen molar-refractivity contribution < 1.29 is 9.90 Å². The van der Waals surface area contributed by atoms with Crippen LogP contribution in [-0.2, 0) is 11.2 Å². The van der Waals surface area contributed by atoms with E-state index in [-0.39, 0.29) is 6.54 Å². The molecular weight excluding hydrogens is 170 g/mol. The maximum atomic E-state index is 9.24. The van der Waals surface area contributed by atoms with Gasteiger partial charge in [-0.15, -0.1) is 6.58 Å². The van der Waals surface area contributed by atoms with Crippen molar-refractivity contribution in [2.75, 3.05) is 6.54 Å². The Morgan fingerprint density at radius 3 is 2.77 bits per heavy atom. The second-order valence-electron chi connectivity index (χ2n) is 2.13. The molecule has 4 N–H and O–H groups in total. The highest BCUT2D eigenvalue weighted by atomic mass is 16.4. The molecule has 0 saturated carbocycles. The van der Waals surface area contributed by atoms with Gasteiger partial charge in [-0.3, -0.25) is 4.79 Å². The highest BCUT2D eigenvalue weighted by Crippen LogP contribution is 1.88. The number of aliphatic carboxylic acids is 1. The van der Waals surface area contributed by atoms with E-state index in [2.05, 4.69) is 22.3 Å². The number of imidazole rings is 1. The van der Waals surface area contributed by atoms with E-state index in [9.17, 15) is 4.79 Å². The summed E-state index contributed by atoms with van der Waals surface area (Å²) in [5.74, 6) is 0.00463. The fourth-order valence-corrected chi connectivity index (χ4v) is 0.546. The molecule has 1 aromatic rings.